The molecule has 1 atom stereocenters. The van der Waals surface area contributed by atoms with E-state index in [-0.39, 0.29) is 11.7 Å². The number of halogens is 2. The Bertz CT molecular complexity index is 1180. The van der Waals surface area contributed by atoms with E-state index in [0.717, 1.165) is 17.8 Å². The summed E-state index contributed by atoms with van der Waals surface area (Å²) in [6.45, 7) is 6.50. The summed E-state index contributed by atoms with van der Waals surface area (Å²) in [6, 6.07) is 11.1. The highest BCUT2D eigenvalue weighted by Crippen LogP contribution is 2.26. The van der Waals surface area contributed by atoms with Gasteiger partial charge in [-0.2, -0.15) is 10.1 Å². The van der Waals surface area contributed by atoms with Crippen molar-refractivity contribution in [1.82, 2.24) is 29.5 Å². The Morgan fingerprint density at radius 1 is 1.10 bits per heavy atom. The lowest BCUT2D eigenvalue weighted by molar-refractivity contribution is 0.558. The molecule has 4 rings (SSSR count). The summed E-state index contributed by atoms with van der Waals surface area (Å²) in [4.78, 5) is 8.66. The Balaban J connectivity index is 1.60. The van der Waals surface area contributed by atoms with E-state index in [9.17, 15) is 8.78 Å². The van der Waals surface area contributed by atoms with Gasteiger partial charge in [-0.3, -0.25) is 0 Å². The zero-order valence-corrected chi connectivity index (χ0v) is 17.5. The first-order valence-electron chi connectivity index (χ1n) is 10.1. The molecule has 1 unspecified atom stereocenters. The van der Waals surface area contributed by atoms with Gasteiger partial charge in [-0.15, -0.1) is 5.10 Å². The van der Waals surface area contributed by atoms with Crippen LogP contribution in [0.25, 0.3) is 5.69 Å². The average Bonchev–Trinajstić information content (AvgIpc) is 3.34. The molecule has 0 spiro atoms. The second-order valence-electron chi connectivity index (χ2n) is 7.30. The quantitative estimate of drug-likeness (QED) is 0.464. The topological polar surface area (TPSA) is 73.5 Å². The predicted octanol–water partition coefficient (Wildman–Crippen LogP) is 4.75. The Labute approximate surface area is 178 Å². The van der Waals surface area contributed by atoms with Crippen LogP contribution in [0.1, 0.15) is 43.4 Å². The lowest BCUT2D eigenvalue weighted by Gasteiger charge is -2.12. The highest BCUT2D eigenvalue weighted by atomic mass is 19.1. The van der Waals surface area contributed by atoms with Crippen LogP contribution in [0.4, 0.5) is 20.4 Å². The highest BCUT2D eigenvalue weighted by Gasteiger charge is 2.19. The van der Waals surface area contributed by atoms with E-state index in [0.29, 0.717) is 29.7 Å². The van der Waals surface area contributed by atoms with Gasteiger partial charge in [0.2, 0.25) is 5.95 Å². The van der Waals surface area contributed by atoms with E-state index in [1.54, 1.807) is 31.2 Å². The van der Waals surface area contributed by atoms with Gasteiger partial charge in [0.1, 0.15) is 29.5 Å². The fourth-order valence-electron chi connectivity index (χ4n) is 3.43. The molecule has 2 aromatic heterocycles. The standard InChI is InChI=1S/C22H23F2N7/c1-4-11-30-21(14(2)16-5-7-17(23)8-6-16)28-22(29-30)27-18-9-10-20(19(24)12-18)31-15(3)25-13-26-31/h5-10,12-14H,4,11H2,1-3H3,(H,27,29). The smallest absolute Gasteiger partial charge is 0.246 e. The summed E-state index contributed by atoms with van der Waals surface area (Å²) in [5.41, 5.74) is 1.78. The summed E-state index contributed by atoms with van der Waals surface area (Å²) >= 11 is 0. The van der Waals surface area contributed by atoms with Gasteiger partial charge in [-0.1, -0.05) is 26.0 Å². The summed E-state index contributed by atoms with van der Waals surface area (Å²) in [6.07, 6.45) is 2.27. The number of nitrogens with one attached hydrogen (secondary N) is 1. The van der Waals surface area contributed by atoms with Crippen LogP contribution in [-0.4, -0.2) is 29.5 Å². The maximum atomic E-state index is 14.7. The molecule has 0 amide bonds. The van der Waals surface area contributed by atoms with Crippen LogP contribution in [0.3, 0.4) is 0 Å². The van der Waals surface area contributed by atoms with Crippen LogP contribution in [-0.2, 0) is 6.54 Å². The normalized spacial score (nSPS) is 12.2. The molecule has 0 bridgehead atoms. The molecule has 0 fully saturated rings. The molecule has 0 radical (unpaired) electrons. The van der Waals surface area contributed by atoms with Crippen LogP contribution in [0.5, 0.6) is 0 Å². The largest absolute Gasteiger partial charge is 0.323 e. The molecule has 2 heterocycles. The minimum Gasteiger partial charge on any atom is -0.323 e. The van der Waals surface area contributed by atoms with E-state index < -0.39 is 5.82 Å². The molecule has 160 valence electrons. The van der Waals surface area contributed by atoms with Crippen molar-refractivity contribution in [3.8, 4) is 5.69 Å². The molecule has 0 saturated heterocycles. The van der Waals surface area contributed by atoms with Crippen molar-refractivity contribution in [3.05, 3.63) is 77.6 Å². The van der Waals surface area contributed by atoms with Gasteiger partial charge >= 0.3 is 0 Å². The summed E-state index contributed by atoms with van der Waals surface area (Å²) in [5, 5.41) is 11.7. The van der Waals surface area contributed by atoms with Crippen molar-refractivity contribution >= 4 is 11.6 Å². The Morgan fingerprint density at radius 2 is 1.87 bits per heavy atom. The summed E-state index contributed by atoms with van der Waals surface area (Å²) in [5.74, 6) is 0.933. The molecule has 0 aliphatic heterocycles. The first kappa shape index (κ1) is 20.6. The highest BCUT2D eigenvalue weighted by molar-refractivity contribution is 5.56. The third-order valence-corrected chi connectivity index (χ3v) is 5.04. The van der Waals surface area contributed by atoms with Crippen molar-refractivity contribution in [2.45, 2.75) is 39.7 Å². The van der Waals surface area contributed by atoms with Crippen LogP contribution in [0.15, 0.2) is 48.8 Å². The van der Waals surface area contributed by atoms with Gasteiger partial charge in [0.15, 0.2) is 5.82 Å². The molecular formula is C22H23F2N7. The van der Waals surface area contributed by atoms with Crippen molar-refractivity contribution in [3.63, 3.8) is 0 Å². The molecule has 2 aromatic carbocycles. The first-order valence-corrected chi connectivity index (χ1v) is 10.1. The second kappa shape index (κ2) is 8.63. The fraction of sp³-hybridized carbons (Fsp3) is 0.273. The van der Waals surface area contributed by atoms with E-state index >= 15 is 0 Å². The number of benzene rings is 2. The monoisotopic (exact) mass is 423 g/mol. The van der Waals surface area contributed by atoms with Crippen LogP contribution < -0.4 is 5.32 Å². The Morgan fingerprint density at radius 3 is 2.52 bits per heavy atom. The van der Waals surface area contributed by atoms with E-state index in [1.165, 1.54) is 29.2 Å². The number of hydrogen-bond donors (Lipinski definition) is 1. The molecule has 0 aliphatic rings. The third kappa shape index (κ3) is 4.30. The molecule has 1 N–H and O–H groups in total. The van der Waals surface area contributed by atoms with Gasteiger partial charge < -0.3 is 5.32 Å². The van der Waals surface area contributed by atoms with E-state index in [4.69, 9.17) is 0 Å². The summed E-state index contributed by atoms with van der Waals surface area (Å²) in [7, 11) is 0. The summed E-state index contributed by atoms with van der Waals surface area (Å²) < 4.78 is 31.2. The lowest BCUT2D eigenvalue weighted by Crippen LogP contribution is -2.09. The van der Waals surface area contributed by atoms with Crippen LogP contribution in [0, 0.1) is 18.6 Å². The number of aryl methyl sites for hydroxylation is 2. The molecular weight excluding hydrogens is 400 g/mol. The maximum Gasteiger partial charge on any atom is 0.246 e. The zero-order valence-electron chi connectivity index (χ0n) is 17.5. The SMILES string of the molecule is CCCn1nc(Nc2ccc(-n3ncnc3C)c(F)c2)nc1C(C)c1ccc(F)cc1. The van der Waals surface area contributed by atoms with Crippen molar-refractivity contribution < 1.29 is 8.78 Å². The minimum atomic E-state index is -0.438. The Hall–Kier alpha value is -3.62. The minimum absolute atomic E-state index is 0.0791. The van der Waals surface area contributed by atoms with Gasteiger partial charge in [0, 0.05) is 18.2 Å². The fourth-order valence-corrected chi connectivity index (χ4v) is 3.43. The van der Waals surface area contributed by atoms with Crippen molar-refractivity contribution in [1.29, 1.82) is 0 Å². The number of nitrogens with zero attached hydrogens (tertiary/aromatic N) is 6. The molecule has 4 aromatic rings. The number of hydrogen-bond acceptors (Lipinski definition) is 5. The number of anilines is 2. The zero-order chi connectivity index (χ0) is 22.0. The molecule has 9 heteroatoms. The molecule has 7 nitrogen and oxygen atoms in total. The molecule has 0 saturated carbocycles. The van der Waals surface area contributed by atoms with Crippen LogP contribution in [0.2, 0.25) is 0 Å². The van der Waals surface area contributed by atoms with Crippen LogP contribution >= 0.6 is 0 Å². The second-order valence-corrected chi connectivity index (χ2v) is 7.30. The van der Waals surface area contributed by atoms with Gasteiger partial charge in [0.05, 0.1) is 0 Å². The first-order chi connectivity index (χ1) is 15.0. The number of aromatic nitrogens is 6. The molecule has 31 heavy (non-hydrogen) atoms. The average molecular weight is 423 g/mol. The number of rotatable bonds is 7. The van der Waals surface area contributed by atoms with Gasteiger partial charge in [0.25, 0.3) is 0 Å². The van der Waals surface area contributed by atoms with E-state index in [1.807, 2.05) is 11.6 Å². The van der Waals surface area contributed by atoms with Crippen molar-refractivity contribution in [2.75, 3.05) is 5.32 Å². The van der Waals surface area contributed by atoms with Crippen molar-refractivity contribution in [2.24, 2.45) is 0 Å². The van der Waals surface area contributed by atoms with Gasteiger partial charge in [-0.05, 0) is 49.2 Å². The predicted molar refractivity (Wildman–Crippen MR) is 114 cm³/mol. The third-order valence-electron chi connectivity index (χ3n) is 5.04. The van der Waals surface area contributed by atoms with E-state index in [2.05, 4.69) is 32.4 Å². The lowest BCUT2D eigenvalue weighted by atomic mass is 10.0. The Kier molecular flexibility index (Phi) is 5.75. The molecule has 0 aliphatic carbocycles. The maximum absolute atomic E-state index is 14.7. The van der Waals surface area contributed by atoms with Gasteiger partial charge in [-0.25, -0.2) is 23.1 Å².